The van der Waals surface area contributed by atoms with Gasteiger partial charge in [-0.25, -0.2) is 0 Å². The van der Waals surface area contributed by atoms with Crippen molar-refractivity contribution < 1.29 is 9.47 Å². The van der Waals surface area contributed by atoms with E-state index < -0.39 is 0 Å². The topological polar surface area (TPSA) is 31.4 Å². The van der Waals surface area contributed by atoms with Crippen LogP contribution >= 0.6 is 0 Å². The minimum atomic E-state index is -0.0435. The summed E-state index contributed by atoms with van der Waals surface area (Å²) in [5.74, 6) is 1.49. The summed E-state index contributed by atoms with van der Waals surface area (Å²) in [5.41, 5.74) is 1.72. The van der Waals surface area contributed by atoms with Crippen LogP contribution in [0.5, 0.6) is 0 Å². The normalized spacial score (nSPS) is 43.2. The number of aromatic nitrogens is 1. The van der Waals surface area contributed by atoms with Crippen LogP contribution in [-0.2, 0) is 16.1 Å². The molecule has 3 fully saturated rings. The highest BCUT2D eigenvalue weighted by atomic mass is 16.7. The number of ether oxygens (including phenoxy) is 2. The molecular formula is C18H25NO2. The first kappa shape index (κ1) is 13.7. The highest BCUT2D eigenvalue weighted by molar-refractivity contribution is 5.16. The van der Waals surface area contributed by atoms with Gasteiger partial charge in [0.15, 0.2) is 6.29 Å². The number of hydrogen-bond donors (Lipinski definition) is 0. The lowest BCUT2D eigenvalue weighted by Gasteiger charge is -2.38. The predicted octanol–water partition coefficient (Wildman–Crippen LogP) is 3.79. The van der Waals surface area contributed by atoms with Gasteiger partial charge < -0.3 is 9.47 Å². The summed E-state index contributed by atoms with van der Waals surface area (Å²) in [6.07, 6.45) is 5.88. The van der Waals surface area contributed by atoms with Crippen LogP contribution in [0.25, 0.3) is 0 Å². The maximum Gasteiger partial charge on any atom is 0.158 e. The molecule has 2 aliphatic carbocycles. The van der Waals surface area contributed by atoms with Crippen LogP contribution in [0.3, 0.4) is 0 Å². The largest absolute Gasteiger partial charge is 0.349 e. The Morgan fingerprint density at radius 1 is 1.33 bits per heavy atom. The van der Waals surface area contributed by atoms with E-state index in [-0.39, 0.29) is 6.29 Å². The molecule has 0 N–H and O–H groups in total. The molecule has 1 aromatic rings. The average molecular weight is 287 g/mol. The van der Waals surface area contributed by atoms with E-state index in [1.165, 1.54) is 12.8 Å². The highest BCUT2D eigenvalue weighted by Crippen LogP contribution is 2.71. The maximum atomic E-state index is 6.33. The Balaban J connectivity index is 1.43. The van der Waals surface area contributed by atoms with Crippen molar-refractivity contribution in [3.05, 3.63) is 30.1 Å². The molecule has 1 aromatic heterocycles. The average Bonchev–Trinajstić information content (AvgIpc) is 3.04. The van der Waals surface area contributed by atoms with Crippen molar-refractivity contribution in [2.24, 2.45) is 22.7 Å². The zero-order valence-electron chi connectivity index (χ0n) is 13.2. The molecule has 0 radical (unpaired) electrons. The van der Waals surface area contributed by atoms with Gasteiger partial charge in [-0.3, -0.25) is 4.98 Å². The van der Waals surface area contributed by atoms with Gasteiger partial charge in [-0.1, -0.05) is 26.8 Å². The van der Waals surface area contributed by atoms with Crippen molar-refractivity contribution in [1.82, 2.24) is 4.98 Å². The van der Waals surface area contributed by atoms with E-state index in [1.807, 2.05) is 24.4 Å². The summed E-state index contributed by atoms with van der Waals surface area (Å²) in [6, 6.07) is 5.93. The first-order chi connectivity index (χ1) is 10.0. The second-order valence-corrected chi connectivity index (χ2v) is 7.80. The Morgan fingerprint density at radius 2 is 2.19 bits per heavy atom. The van der Waals surface area contributed by atoms with Gasteiger partial charge in [0, 0.05) is 12.6 Å². The second-order valence-electron chi connectivity index (χ2n) is 7.80. The zero-order valence-corrected chi connectivity index (χ0v) is 13.2. The first-order valence-corrected chi connectivity index (χ1v) is 8.19. The lowest BCUT2D eigenvalue weighted by molar-refractivity contribution is -0.170. The third-order valence-corrected chi connectivity index (χ3v) is 6.81. The van der Waals surface area contributed by atoms with Crippen molar-refractivity contribution in [2.45, 2.75) is 59.0 Å². The van der Waals surface area contributed by atoms with Crippen LogP contribution in [0.4, 0.5) is 0 Å². The number of pyridine rings is 1. The first-order valence-electron chi connectivity index (χ1n) is 8.19. The van der Waals surface area contributed by atoms with E-state index in [4.69, 9.17) is 9.47 Å². The van der Waals surface area contributed by atoms with E-state index in [2.05, 4.69) is 25.8 Å². The minimum Gasteiger partial charge on any atom is -0.349 e. The standard InChI is InChI=1S/C18H25NO2/c1-17(2)14-7-8-18(17,3)16-13(14)10-15(21-16)20-11-12-6-4-5-9-19-12/h4-6,9,13-16H,7-8,10-11H2,1-3H3/t13-,14-,15-,16-,18+/m1/s1. The molecule has 4 rings (SSSR count). The van der Waals surface area contributed by atoms with E-state index in [0.717, 1.165) is 18.0 Å². The molecule has 0 unspecified atom stereocenters. The molecule has 5 atom stereocenters. The van der Waals surface area contributed by atoms with Gasteiger partial charge in [0.05, 0.1) is 18.4 Å². The van der Waals surface area contributed by atoms with Gasteiger partial charge in [0.2, 0.25) is 0 Å². The predicted molar refractivity (Wildman–Crippen MR) is 80.4 cm³/mol. The SMILES string of the molecule is CC1(C)[C@@H]2CC[C@@]1(C)[C@@H]1O[C@@H](OCc3ccccn3)C[C@H]21. The molecule has 2 bridgehead atoms. The van der Waals surface area contributed by atoms with Crippen LogP contribution in [0, 0.1) is 22.7 Å². The number of nitrogens with zero attached hydrogens (tertiary/aromatic N) is 1. The molecular weight excluding hydrogens is 262 g/mol. The summed E-state index contributed by atoms with van der Waals surface area (Å²) < 4.78 is 12.3. The Kier molecular flexibility index (Phi) is 2.96. The van der Waals surface area contributed by atoms with Crippen LogP contribution < -0.4 is 0 Å². The van der Waals surface area contributed by atoms with Crippen molar-refractivity contribution >= 4 is 0 Å². The molecule has 3 nitrogen and oxygen atoms in total. The number of hydrogen-bond acceptors (Lipinski definition) is 3. The zero-order chi connectivity index (χ0) is 14.7. The second kappa shape index (κ2) is 4.53. The summed E-state index contributed by atoms with van der Waals surface area (Å²) in [5, 5.41) is 0. The van der Waals surface area contributed by atoms with E-state index >= 15 is 0 Å². The lowest BCUT2D eigenvalue weighted by Crippen LogP contribution is -2.37. The fourth-order valence-electron chi connectivity index (χ4n) is 5.25. The Morgan fingerprint density at radius 3 is 2.90 bits per heavy atom. The van der Waals surface area contributed by atoms with E-state index in [0.29, 0.717) is 29.5 Å². The van der Waals surface area contributed by atoms with Crippen LogP contribution in [0.1, 0.15) is 45.7 Å². The van der Waals surface area contributed by atoms with Crippen molar-refractivity contribution in [3.8, 4) is 0 Å². The molecule has 114 valence electrons. The summed E-state index contributed by atoms with van der Waals surface area (Å²) in [6.45, 7) is 7.86. The van der Waals surface area contributed by atoms with Crippen molar-refractivity contribution in [3.63, 3.8) is 0 Å². The molecule has 3 aliphatic rings. The molecule has 1 saturated heterocycles. The maximum absolute atomic E-state index is 6.33. The number of fused-ring (bicyclic) bond motifs is 5. The van der Waals surface area contributed by atoms with Crippen LogP contribution in [-0.4, -0.2) is 17.4 Å². The lowest BCUT2D eigenvalue weighted by atomic mass is 9.70. The Bertz CT molecular complexity index is 529. The van der Waals surface area contributed by atoms with Crippen molar-refractivity contribution in [2.75, 3.05) is 0 Å². The molecule has 2 heterocycles. The van der Waals surface area contributed by atoms with E-state index in [9.17, 15) is 0 Å². The molecule has 0 aromatic carbocycles. The molecule has 21 heavy (non-hydrogen) atoms. The molecule has 1 aliphatic heterocycles. The highest BCUT2D eigenvalue weighted by Gasteiger charge is 2.69. The fourth-order valence-corrected chi connectivity index (χ4v) is 5.25. The van der Waals surface area contributed by atoms with Gasteiger partial charge in [-0.2, -0.15) is 0 Å². The molecule has 2 saturated carbocycles. The molecule has 0 amide bonds. The Labute approximate surface area is 127 Å². The van der Waals surface area contributed by atoms with Gasteiger partial charge in [-0.15, -0.1) is 0 Å². The third-order valence-electron chi connectivity index (χ3n) is 6.81. The van der Waals surface area contributed by atoms with Crippen LogP contribution in [0.2, 0.25) is 0 Å². The Hall–Kier alpha value is -0.930. The van der Waals surface area contributed by atoms with E-state index in [1.54, 1.807) is 0 Å². The van der Waals surface area contributed by atoms with Crippen molar-refractivity contribution in [1.29, 1.82) is 0 Å². The third kappa shape index (κ3) is 1.83. The quantitative estimate of drug-likeness (QED) is 0.847. The minimum absolute atomic E-state index is 0.0435. The fraction of sp³-hybridized carbons (Fsp3) is 0.722. The number of rotatable bonds is 3. The van der Waals surface area contributed by atoms with Gasteiger partial charge in [-0.05, 0) is 47.6 Å². The molecule has 0 spiro atoms. The van der Waals surface area contributed by atoms with Gasteiger partial charge in [0.1, 0.15) is 0 Å². The molecule has 3 heteroatoms. The van der Waals surface area contributed by atoms with Gasteiger partial charge >= 0.3 is 0 Å². The smallest absolute Gasteiger partial charge is 0.158 e. The van der Waals surface area contributed by atoms with Crippen LogP contribution in [0.15, 0.2) is 24.4 Å². The summed E-state index contributed by atoms with van der Waals surface area (Å²) in [7, 11) is 0. The summed E-state index contributed by atoms with van der Waals surface area (Å²) >= 11 is 0. The van der Waals surface area contributed by atoms with Gasteiger partial charge in [0.25, 0.3) is 0 Å². The summed E-state index contributed by atoms with van der Waals surface area (Å²) in [4.78, 5) is 4.31. The monoisotopic (exact) mass is 287 g/mol.